The number of aromatic carboxylic acids is 1. The highest BCUT2D eigenvalue weighted by Gasteiger charge is 2.17. The van der Waals surface area contributed by atoms with Gasteiger partial charge in [-0.3, -0.25) is 0 Å². The second-order valence-corrected chi connectivity index (χ2v) is 6.35. The van der Waals surface area contributed by atoms with E-state index in [4.69, 9.17) is 14.6 Å². The number of carboxylic acids is 1. The number of carbonyl (C=O) groups excluding carboxylic acids is 1. The van der Waals surface area contributed by atoms with Gasteiger partial charge in [0.15, 0.2) is 6.61 Å². The van der Waals surface area contributed by atoms with Gasteiger partial charge in [0.1, 0.15) is 11.5 Å². The third-order valence-corrected chi connectivity index (χ3v) is 4.21. The predicted octanol–water partition coefficient (Wildman–Crippen LogP) is 4.06. The Hall–Kier alpha value is -2.82. The average Bonchev–Trinajstić information content (AvgIpc) is 2.61. The van der Waals surface area contributed by atoms with Crippen molar-refractivity contribution >= 4 is 11.9 Å². The molecule has 0 aliphatic carbocycles. The highest BCUT2D eigenvalue weighted by molar-refractivity contribution is 5.87. The SMILES string of the molecule is CCC(C)(C)c1ccc(OCC(=O)Oc2ccc(C(=O)O)cc2)cc1. The number of rotatable bonds is 7. The second-order valence-electron chi connectivity index (χ2n) is 6.35. The monoisotopic (exact) mass is 342 g/mol. The Morgan fingerprint density at radius 1 is 0.960 bits per heavy atom. The number of esters is 1. The number of carbonyl (C=O) groups is 2. The lowest BCUT2D eigenvalue weighted by molar-refractivity contribution is -0.136. The van der Waals surface area contributed by atoms with Crippen molar-refractivity contribution in [1.82, 2.24) is 0 Å². The van der Waals surface area contributed by atoms with Gasteiger partial charge in [0, 0.05) is 0 Å². The predicted molar refractivity (Wildman–Crippen MR) is 94.3 cm³/mol. The van der Waals surface area contributed by atoms with Gasteiger partial charge in [0.25, 0.3) is 0 Å². The number of carboxylic acid groups (broad SMARTS) is 1. The van der Waals surface area contributed by atoms with E-state index < -0.39 is 11.9 Å². The lowest BCUT2D eigenvalue weighted by Gasteiger charge is -2.23. The topological polar surface area (TPSA) is 72.8 Å². The summed E-state index contributed by atoms with van der Waals surface area (Å²) in [5.41, 5.74) is 1.44. The summed E-state index contributed by atoms with van der Waals surface area (Å²) in [6.45, 7) is 6.27. The third kappa shape index (κ3) is 5.08. The van der Waals surface area contributed by atoms with E-state index in [0.29, 0.717) is 5.75 Å². The summed E-state index contributed by atoms with van der Waals surface area (Å²) in [6.07, 6.45) is 1.03. The molecule has 2 aromatic carbocycles. The number of ether oxygens (including phenoxy) is 2. The first-order valence-electron chi connectivity index (χ1n) is 8.09. The lowest BCUT2D eigenvalue weighted by Crippen LogP contribution is -2.18. The highest BCUT2D eigenvalue weighted by atomic mass is 16.6. The van der Waals surface area contributed by atoms with Crippen LogP contribution in [0.4, 0.5) is 0 Å². The zero-order chi connectivity index (χ0) is 18.4. The molecule has 0 bridgehead atoms. The Bertz CT molecular complexity index is 730. The molecule has 0 saturated heterocycles. The molecule has 5 nitrogen and oxygen atoms in total. The van der Waals surface area contributed by atoms with E-state index in [1.54, 1.807) is 0 Å². The van der Waals surface area contributed by atoms with Gasteiger partial charge < -0.3 is 14.6 Å². The molecule has 0 heterocycles. The Morgan fingerprint density at radius 3 is 2.04 bits per heavy atom. The van der Waals surface area contributed by atoms with Gasteiger partial charge in [0.05, 0.1) is 5.56 Å². The maximum Gasteiger partial charge on any atom is 0.349 e. The molecule has 5 heteroatoms. The molecule has 2 aromatic rings. The fourth-order valence-corrected chi connectivity index (χ4v) is 2.18. The molecule has 0 aromatic heterocycles. The molecule has 0 aliphatic heterocycles. The molecule has 1 N–H and O–H groups in total. The molecule has 132 valence electrons. The van der Waals surface area contributed by atoms with E-state index in [1.165, 1.54) is 29.8 Å². The van der Waals surface area contributed by atoms with Crippen LogP contribution in [0.15, 0.2) is 48.5 Å². The first kappa shape index (κ1) is 18.5. The second kappa shape index (κ2) is 7.83. The molecule has 0 unspecified atom stereocenters. The summed E-state index contributed by atoms with van der Waals surface area (Å²) in [7, 11) is 0. The molecule has 0 radical (unpaired) electrons. The molecule has 0 aliphatic rings. The maximum absolute atomic E-state index is 11.8. The van der Waals surface area contributed by atoms with Crippen molar-refractivity contribution in [3.8, 4) is 11.5 Å². The van der Waals surface area contributed by atoms with Gasteiger partial charge in [-0.25, -0.2) is 9.59 Å². The van der Waals surface area contributed by atoms with Crippen LogP contribution in [0.5, 0.6) is 11.5 Å². The van der Waals surface area contributed by atoms with E-state index in [-0.39, 0.29) is 23.3 Å². The van der Waals surface area contributed by atoms with Crippen LogP contribution in [-0.4, -0.2) is 23.7 Å². The molecule has 2 rings (SSSR count). The summed E-state index contributed by atoms with van der Waals surface area (Å²) in [6, 6.07) is 13.3. The minimum Gasteiger partial charge on any atom is -0.482 e. The van der Waals surface area contributed by atoms with Crippen LogP contribution in [-0.2, 0) is 10.2 Å². The summed E-state index contributed by atoms with van der Waals surface area (Å²) in [4.78, 5) is 22.6. The van der Waals surface area contributed by atoms with Crippen LogP contribution >= 0.6 is 0 Å². The van der Waals surface area contributed by atoms with Crippen LogP contribution in [0.2, 0.25) is 0 Å². The standard InChI is InChI=1S/C20H22O5/c1-4-20(2,3)15-7-11-16(12-8-15)24-13-18(21)25-17-9-5-14(6-10-17)19(22)23/h5-12H,4,13H2,1-3H3,(H,22,23). The van der Waals surface area contributed by atoms with Crippen LogP contribution < -0.4 is 9.47 Å². The first-order chi connectivity index (χ1) is 11.8. The van der Waals surface area contributed by atoms with Crippen molar-refractivity contribution in [2.24, 2.45) is 0 Å². The van der Waals surface area contributed by atoms with Crippen molar-refractivity contribution in [3.63, 3.8) is 0 Å². The molecule has 25 heavy (non-hydrogen) atoms. The van der Waals surface area contributed by atoms with Crippen molar-refractivity contribution < 1.29 is 24.2 Å². The Labute approximate surface area is 147 Å². The van der Waals surface area contributed by atoms with Gasteiger partial charge in [-0.05, 0) is 53.8 Å². The van der Waals surface area contributed by atoms with Crippen molar-refractivity contribution in [2.45, 2.75) is 32.6 Å². The molecule has 0 amide bonds. The largest absolute Gasteiger partial charge is 0.482 e. The number of hydrogen-bond acceptors (Lipinski definition) is 4. The molecule has 0 atom stereocenters. The Morgan fingerprint density at radius 2 is 1.52 bits per heavy atom. The summed E-state index contributed by atoms with van der Waals surface area (Å²) in [5, 5.41) is 8.83. The summed E-state index contributed by atoms with van der Waals surface area (Å²) in [5.74, 6) is -0.718. The molecular weight excluding hydrogens is 320 g/mol. The highest BCUT2D eigenvalue weighted by Crippen LogP contribution is 2.28. The molecule has 0 saturated carbocycles. The van der Waals surface area contributed by atoms with Gasteiger partial charge in [-0.1, -0.05) is 32.9 Å². The molecular formula is C20H22O5. The van der Waals surface area contributed by atoms with Crippen LogP contribution in [0.25, 0.3) is 0 Å². The first-order valence-corrected chi connectivity index (χ1v) is 8.09. The minimum absolute atomic E-state index is 0.0968. The minimum atomic E-state index is -1.03. The average molecular weight is 342 g/mol. The van der Waals surface area contributed by atoms with Gasteiger partial charge in [-0.15, -0.1) is 0 Å². The normalized spacial score (nSPS) is 11.0. The molecule has 0 fully saturated rings. The van der Waals surface area contributed by atoms with E-state index in [0.717, 1.165) is 6.42 Å². The number of benzene rings is 2. The fourth-order valence-electron chi connectivity index (χ4n) is 2.18. The van der Waals surface area contributed by atoms with Crippen LogP contribution in [0, 0.1) is 0 Å². The Balaban J connectivity index is 1.88. The van der Waals surface area contributed by atoms with Crippen LogP contribution in [0.3, 0.4) is 0 Å². The van der Waals surface area contributed by atoms with Crippen molar-refractivity contribution in [1.29, 1.82) is 0 Å². The van der Waals surface area contributed by atoms with Gasteiger partial charge in [-0.2, -0.15) is 0 Å². The van der Waals surface area contributed by atoms with Gasteiger partial charge >= 0.3 is 11.9 Å². The smallest absolute Gasteiger partial charge is 0.349 e. The lowest BCUT2D eigenvalue weighted by atomic mass is 9.82. The quantitative estimate of drug-likeness (QED) is 0.607. The van der Waals surface area contributed by atoms with E-state index >= 15 is 0 Å². The molecule has 0 spiro atoms. The van der Waals surface area contributed by atoms with Crippen molar-refractivity contribution in [3.05, 3.63) is 59.7 Å². The van der Waals surface area contributed by atoms with Gasteiger partial charge in [0.2, 0.25) is 0 Å². The van der Waals surface area contributed by atoms with E-state index in [9.17, 15) is 9.59 Å². The van der Waals surface area contributed by atoms with Crippen molar-refractivity contribution in [2.75, 3.05) is 6.61 Å². The van der Waals surface area contributed by atoms with Crippen LogP contribution in [0.1, 0.15) is 43.1 Å². The summed E-state index contributed by atoms with van der Waals surface area (Å²) < 4.78 is 10.5. The number of hydrogen-bond donors (Lipinski definition) is 1. The zero-order valence-corrected chi connectivity index (χ0v) is 14.6. The van der Waals surface area contributed by atoms with E-state index in [1.807, 2.05) is 24.3 Å². The fraction of sp³-hybridized carbons (Fsp3) is 0.300. The zero-order valence-electron chi connectivity index (χ0n) is 14.6. The Kier molecular flexibility index (Phi) is 5.80. The van der Waals surface area contributed by atoms with E-state index in [2.05, 4.69) is 20.8 Å². The maximum atomic E-state index is 11.8. The summed E-state index contributed by atoms with van der Waals surface area (Å²) >= 11 is 0. The third-order valence-electron chi connectivity index (χ3n) is 4.21.